The number of carbonyl (C=O) groups is 1. The van der Waals surface area contributed by atoms with Crippen molar-refractivity contribution in [2.45, 2.75) is 27.3 Å². The van der Waals surface area contributed by atoms with E-state index in [0.717, 1.165) is 5.56 Å². The Balaban J connectivity index is 2.11. The summed E-state index contributed by atoms with van der Waals surface area (Å²) in [6.45, 7) is 6.22. The molecule has 0 saturated carbocycles. The normalized spacial score (nSPS) is 11.5. The summed E-state index contributed by atoms with van der Waals surface area (Å²) in [6, 6.07) is 3.64. The average Bonchev–Trinajstić information content (AvgIpc) is 2.75. The van der Waals surface area contributed by atoms with Gasteiger partial charge >= 0.3 is 5.69 Å². The van der Waals surface area contributed by atoms with Crippen molar-refractivity contribution in [1.82, 2.24) is 24.6 Å². The molecule has 0 aliphatic rings. The number of nitrogens with one attached hydrogen (secondary N) is 1. The second-order valence-electron chi connectivity index (χ2n) is 6.14. The van der Waals surface area contributed by atoms with Crippen LogP contribution in [-0.4, -0.2) is 31.8 Å². The van der Waals surface area contributed by atoms with E-state index in [2.05, 4.69) is 15.4 Å². The number of aromatic nitrogens is 4. The Morgan fingerprint density at radius 2 is 2.09 bits per heavy atom. The topological polar surface area (TPSA) is 81.8 Å². The molecular weight excluding hydrogens is 282 g/mol. The van der Waals surface area contributed by atoms with Crippen molar-refractivity contribution in [2.75, 3.05) is 6.54 Å². The summed E-state index contributed by atoms with van der Waals surface area (Å²) in [5.74, 6) is 0.504. The molecule has 0 aromatic carbocycles. The lowest BCUT2D eigenvalue weighted by atomic mass is 9.96. The van der Waals surface area contributed by atoms with E-state index in [-0.39, 0.29) is 11.6 Å². The van der Waals surface area contributed by atoms with Crippen LogP contribution in [-0.2, 0) is 18.4 Å². The predicted molar refractivity (Wildman–Crippen MR) is 83.2 cm³/mol. The Kier molecular flexibility index (Phi) is 4.44. The summed E-state index contributed by atoms with van der Waals surface area (Å²) in [7, 11) is 1.67. The van der Waals surface area contributed by atoms with Crippen LogP contribution in [0.2, 0.25) is 0 Å². The second-order valence-corrected chi connectivity index (χ2v) is 6.14. The largest absolute Gasteiger partial charge is 0.354 e. The molecule has 0 aliphatic heterocycles. The first-order valence-electron chi connectivity index (χ1n) is 7.13. The molecule has 0 unspecified atom stereocenters. The van der Waals surface area contributed by atoms with Crippen molar-refractivity contribution in [3.63, 3.8) is 0 Å². The predicted octanol–water partition coefficient (Wildman–Crippen LogP) is 0.806. The lowest BCUT2D eigenvalue weighted by Crippen LogP contribution is -2.38. The SMILES string of the molecule is Cn1c(-c2cccnc2)nn(CCNC(=O)C(C)(C)C)c1=O. The lowest BCUT2D eigenvalue weighted by molar-refractivity contribution is -0.128. The summed E-state index contributed by atoms with van der Waals surface area (Å²) in [5, 5.41) is 7.12. The molecule has 0 aliphatic carbocycles. The first-order valence-corrected chi connectivity index (χ1v) is 7.13. The maximum absolute atomic E-state index is 12.2. The Morgan fingerprint density at radius 1 is 1.36 bits per heavy atom. The minimum atomic E-state index is -0.448. The van der Waals surface area contributed by atoms with E-state index in [1.807, 2.05) is 26.8 Å². The van der Waals surface area contributed by atoms with Crippen molar-refractivity contribution in [3.05, 3.63) is 35.0 Å². The minimum absolute atomic E-state index is 0.0519. The van der Waals surface area contributed by atoms with Crippen molar-refractivity contribution in [2.24, 2.45) is 12.5 Å². The monoisotopic (exact) mass is 303 g/mol. The maximum atomic E-state index is 12.2. The van der Waals surface area contributed by atoms with Gasteiger partial charge in [0.25, 0.3) is 0 Å². The van der Waals surface area contributed by atoms with E-state index >= 15 is 0 Å². The van der Waals surface area contributed by atoms with Crippen LogP contribution in [0.15, 0.2) is 29.3 Å². The highest BCUT2D eigenvalue weighted by atomic mass is 16.2. The standard InChI is InChI=1S/C15H21N5O2/c1-15(2,3)13(21)17-8-9-20-14(22)19(4)12(18-20)11-6-5-7-16-10-11/h5-7,10H,8-9H2,1-4H3,(H,17,21). The summed E-state index contributed by atoms with van der Waals surface area (Å²) in [6.07, 6.45) is 3.33. The highest BCUT2D eigenvalue weighted by Crippen LogP contribution is 2.13. The molecular formula is C15H21N5O2. The van der Waals surface area contributed by atoms with Gasteiger partial charge in [0.05, 0.1) is 6.54 Å². The van der Waals surface area contributed by atoms with Gasteiger partial charge in [-0.1, -0.05) is 20.8 Å². The number of hydrogen-bond donors (Lipinski definition) is 1. The minimum Gasteiger partial charge on any atom is -0.354 e. The third-order valence-electron chi connectivity index (χ3n) is 3.25. The molecule has 0 saturated heterocycles. The zero-order valence-electron chi connectivity index (χ0n) is 13.3. The summed E-state index contributed by atoms with van der Waals surface area (Å²) in [5.41, 5.74) is 0.110. The smallest absolute Gasteiger partial charge is 0.345 e. The van der Waals surface area contributed by atoms with E-state index in [9.17, 15) is 9.59 Å². The van der Waals surface area contributed by atoms with Crippen LogP contribution in [0.25, 0.3) is 11.4 Å². The number of carbonyl (C=O) groups excluding carboxylic acids is 1. The molecule has 2 aromatic heterocycles. The Morgan fingerprint density at radius 3 is 2.68 bits per heavy atom. The van der Waals surface area contributed by atoms with Gasteiger partial charge in [-0.2, -0.15) is 0 Å². The van der Waals surface area contributed by atoms with Crippen molar-refractivity contribution in [3.8, 4) is 11.4 Å². The van der Waals surface area contributed by atoms with Crippen LogP contribution in [0, 0.1) is 5.41 Å². The fourth-order valence-corrected chi connectivity index (χ4v) is 1.92. The number of amides is 1. The number of nitrogens with zero attached hydrogens (tertiary/aromatic N) is 4. The summed E-state index contributed by atoms with van der Waals surface area (Å²) >= 11 is 0. The van der Waals surface area contributed by atoms with Gasteiger partial charge in [0.15, 0.2) is 5.82 Å². The number of hydrogen-bond acceptors (Lipinski definition) is 4. The molecule has 2 aromatic rings. The van der Waals surface area contributed by atoms with E-state index < -0.39 is 5.41 Å². The first kappa shape index (κ1) is 15.9. The van der Waals surface area contributed by atoms with E-state index in [1.54, 1.807) is 25.5 Å². The third-order valence-corrected chi connectivity index (χ3v) is 3.25. The van der Waals surface area contributed by atoms with Gasteiger partial charge in [0, 0.05) is 37.0 Å². The van der Waals surface area contributed by atoms with Crippen LogP contribution >= 0.6 is 0 Å². The van der Waals surface area contributed by atoms with Gasteiger partial charge in [-0.3, -0.25) is 14.3 Å². The van der Waals surface area contributed by atoms with Gasteiger partial charge in [-0.25, -0.2) is 9.48 Å². The van der Waals surface area contributed by atoms with Gasteiger partial charge in [-0.05, 0) is 12.1 Å². The Hall–Kier alpha value is -2.44. The van der Waals surface area contributed by atoms with Crippen molar-refractivity contribution >= 4 is 5.91 Å². The van der Waals surface area contributed by atoms with Gasteiger partial charge in [-0.15, -0.1) is 5.10 Å². The summed E-state index contributed by atoms with van der Waals surface area (Å²) < 4.78 is 2.83. The van der Waals surface area contributed by atoms with Gasteiger partial charge < -0.3 is 5.32 Å². The molecule has 7 nitrogen and oxygen atoms in total. The van der Waals surface area contributed by atoms with E-state index in [1.165, 1.54) is 9.25 Å². The van der Waals surface area contributed by atoms with Gasteiger partial charge in [0.1, 0.15) is 0 Å². The highest BCUT2D eigenvalue weighted by molar-refractivity contribution is 5.81. The quantitative estimate of drug-likeness (QED) is 0.906. The molecule has 22 heavy (non-hydrogen) atoms. The maximum Gasteiger partial charge on any atom is 0.345 e. The van der Waals surface area contributed by atoms with E-state index in [4.69, 9.17) is 0 Å². The molecule has 0 radical (unpaired) electrons. The van der Waals surface area contributed by atoms with Crippen molar-refractivity contribution in [1.29, 1.82) is 0 Å². The Bertz CT molecular complexity index is 710. The van der Waals surface area contributed by atoms with Gasteiger partial charge in [0.2, 0.25) is 5.91 Å². The zero-order chi connectivity index (χ0) is 16.3. The number of rotatable bonds is 4. The molecule has 118 valence electrons. The molecule has 0 fully saturated rings. The highest BCUT2D eigenvalue weighted by Gasteiger charge is 2.20. The molecule has 2 rings (SSSR count). The fraction of sp³-hybridized carbons (Fsp3) is 0.467. The van der Waals surface area contributed by atoms with Crippen LogP contribution in [0.4, 0.5) is 0 Å². The molecule has 0 bridgehead atoms. The molecule has 2 heterocycles. The summed E-state index contributed by atoms with van der Waals surface area (Å²) in [4.78, 5) is 28.0. The third kappa shape index (κ3) is 3.41. The van der Waals surface area contributed by atoms with E-state index in [0.29, 0.717) is 18.9 Å². The Labute approximate surface area is 129 Å². The van der Waals surface area contributed by atoms with Crippen LogP contribution in [0.5, 0.6) is 0 Å². The zero-order valence-corrected chi connectivity index (χ0v) is 13.3. The second kappa shape index (κ2) is 6.13. The van der Waals surface area contributed by atoms with Crippen LogP contribution in [0.3, 0.4) is 0 Å². The molecule has 7 heteroatoms. The lowest BCUT2D eigenvalue weighted by Gasteiger charge is -2.17. The van der Waals surface area contributed by atoms with Crippen LogP contribution < -0.4 is 11.0 Å². The molecule has 1 N–H and O–H groups in total. The molecule has 0 spiro atoms. The fourth-order valence-electron chi connectivity index (χ4n) is 1.92. The van der Waals surface area contributed by atoms with Crippen LogP contribution in [0.1, 0.15) is 20.8 Å². The molecule has 0 atom stereocenters. The average molecular weight is 303 g/mol. The van der Waals surface area contributed by atoms with Crippen molar-refractivity contribution < 1.29 is 4.79 Å². The first-order chi connectivity index (χ1) is 10.3. The molecule has 1 amide bonds. The number of pyridine rings is 1.